The fraction of sp³-hybridized carbons (Fsp3) is 0.286. The lowest BCUT2D eigenvalue weighted by atomic mass is 9.93. The van der Waals surface area contributed by atoms with E-state index < -0.39 is 11.7 Å². The predicted molar refractivity (Wildman–Crippen MR) is 109 cm³/mol. The standard InChI is InChI=1S/C21H21FN6O2/c1-11-18(30-12(2)24-11)19(29)25-13-6-7-15(22)14(8-13)16-10-28-20(26-16)23-9-17(27-28)21(3,4)5/h6-10H,1-5H3,(H,25,29). The Morgan fingerprint density at radius 3 is 2.63 bits per heavy atom. The summed E-state index contributed by atoms with van der Waals surface area (Å²) in [6, 6.07) is 4.26. The molecule has 4 rings (SSSR count). The van der Waals surface area contributed by atoms with Crippen LogP contribution in [-0.4, -0.2) is 30.5 Å². The summed E-state index contributed by atoms with van der Waals surface area (Å²) in [5.74, 6) is -0.0523. The third kappa shape index (κ3) is 3.66. The van der Waals surface area contributed by atoms with Gasteiger partial charge in [0.25, 0.3) is 11.7 Å². The second-order valence-corrected chi connectivity index (χ2v) is 8.06. The van der Waals surface area contributed by atoms with E-state index in [2.05, 4.69) is 25.4 Å². The highest BCUT2D eigenvalue weighted by molar-refractivity contribution is 6.03. The molecule has 3 heterocycles. The smallest absolute Gasteiger partial charge is 0.293 e. The molecule has 0 saturated heterocycles. The molecule has 0 unspecified atom stereocenters. The number of carbonyl (C=O) groups is 1. The summed E-state index contributed by atoms with van der Waals surface area (Å²) in [6.07, 6.45) is 3.28. The number of nitrogens with zero attached hydrogens (tertiary/aromatic N) is 5. The molecular weight excluding hydrogens is 387 g/mol. The summed E-state index contributed by atoms with van der Waals surface area (Å²) in [5.41, 5.74) is 2.08. The van der Waals surface area contributed by atoms with Crippen LogP contribution in [-0.2, 0) is 5.41 Å². The maximum absolute atomic E-state index is 14.5. The normalized spacial score (nSPS) is 11.8. The monoisotopic (exact) mass is 408 g/mol. The van der Waals surface area contributed by atoms with Crippen molar-refractivity contribution >= 4 is 17.4 Å². The lowest BCUT2D eigenvalue weighted by Crippen LogP contribution is -2.15. The van der Waals surface area contributed by atoms with Gasteiger partial charge in [-0.1, -0.05) is 20.8 Å². The fourth-order valence-electron chi connectivity index (χ4n) is 2.99. The summed E-state index contributed by atoms with van der Waals surface area (Å²) in [4.78, 5) is 25.3. The number of hydrogen-bond donors (Lipinski definition) is 1. The first-order valence-electron chi connectivity index (χ1n) is 9.40. The van der Waals surface area contributed by atoms with Crippen molar-refractivity contribution in [3.05, 3.63) is 59.4 Å². The molecule has 154 valence electrons. The van der Waals surface area contributed by atoms with Crippen LogP contribution in [0.5, 0.6) is 0 Å². The number of aryl methyl sites for hydroxylation is 2. The molecule has 3 aromatic heterocycles. The van der Waals surface area contributed by atoms with Gasteiger partial charge >= 0.3 is 0 Å². The molecule has 0 bridgehead atoms. The van der Waals surface area contributed by atoms with Crippen LogP contribution in [0.15, 0.2) is 35.0 Å². The summed E-state index contributed by atoms with van der Waals surface area (Å²) < 4.78 is 21.4. The van der Waals surface area contributed by atoms with Crippen LogP contribution in [0.4, 0.5) is 10.1 Å². The summed E-state index contributed by atoms with van der Waals surface area (Å²) in [7, 11) is 0. The highest BCUT2D eigenvalue weighted by Gasteiger charge is 2.20. The van der Waals surface area contributed by atoms with Crippen molar-refractivity contribution in [2.45, 2.75) is 40.0 Å². The fourth-order valence-corrected chi connectivity index (χ4v) is 2.99. The highest BCUT2D eigenvalue weighted by Crippen LogP contribution is 2.26. The molecule has 0 aliphatic carbocycles. The second kappa shape index (κ2) is 7.01. The maximum atomic E-state index is 14.5. The van der Waals surface area contributed by atoms with Crippen LogP contribution in [0.2, 0.25) is 0 Å². The Kier molecular flexibility index (Phi) is 4.60. The number of hydrogen-bond acceptors (Lipinski definition) is 6. The third-order valence-electron chi connectivity index (χ3n) is 4.57. The number of anilines is 1. The summed E-state index contributed by atoms with van der Waals surface area (Å²) in [5, 5.41) is 7.23. The quantitative estimate of drug-likeness (QED) is 0.548. The lowest BCUT2D eigenvalue weighted by Gasteiger charge is -2.16. The van der Waals surface area contributed by atoms with Crippen molar-refractivity contribution in [2.75, 3.05) is 5.32 Å². The molecule has 30 heavy (non-hydrogen) atoms. The van der Waals surface area contributed by atoms with Crippen molar-refractivity contribution in [1.82, 2.24) is 24.6 Å². The van der Waals surface area contributed by atoms with Crippen molar-refractivity contribution in [3.8, 4) is 11.3 Å². The Bertz CT molecular complexity index is 1270. The molecule has 1 amide bonds. The van der Waals surface area contributed by atoms with E-state index in [1.807, 2.05) is 20.8 Å². The van der Waals surface area contributed by atoms with Crippen LogP contribution in [0, 0.1) is 19.7 Å². The van der Waals surface area contributed by atoms with Gasteiger partial charge in [-0.15, -0.1) is 0 Å². The SMILES string of the molecule is Cc1nc(C)c(C(=O)Nc2ccc(F)c(-c3cn4nc(C(C)(C)C)cnc4n3)c2)o1. The van der Waals surface area contributed by atoms with Crippen molar-refractivity contribution in [1.29, 1.82) is 0 Å². The molecule has 4 aromatic rings. The van der Waals surface area contributed by atoms with Crippen molar-refractivity contribution < 1.29 is 13.6 Å². The van der Waals surface area contributed by atoms with Crippen LogP contribution >= 0.6 is 0 Å². The third-order valence-corrected chi connectivity index (χ3v) is 4.57. The van der Waals surface area contributed by atoms with E-state index in [-0.39, 0.29) is 16.7 Å². The minimum Gasteiger partial charge on any atom is -0.436 e. The topological polar surface area (TPSA) is 98.2 Å². The zero-order valence-corrected chi connectivity index (χ0v) is 17.3. The molecule has 0 atom stereocenters. The zero-order valence-electron chi connectivity index (χ0n) is 17.3. The van der Waals surface area contributed by atoms with Crippen LogP contribution in [0.1, 0.15) is 48.6 Å². The van der Waals surface area contributed by atoms with E-state index in [1.54, 1.807) is 26.2 Å². The minimum absolute atomic E-state index is 0.120. The van der Waals surface area contributed by atoms with Gasteiger partial charge in [-0.05, 0) is 25.1 Å². The lowest BCUT2D eigenvalue weighted by molar-refractivity contribution is 0.0994. The average molecular weight is 408 g/mol. The molecule has 8 nitrogen and oxygen atoms in total. The van der Waals surface area contributed by atoms with Crippen molar-refractivity contribution in [3.63, 3.8) is 0 Å². The van der Waals surface area contributed by atoms with E-state index >= 15 is 0 Å². The molecule has 1 N–H and O–H groups in total. The van der Waals surface area contributed by atoms with Crippen LogP contribution in [0.3, 0.4) is 0 Å². The van der Waals surface area contributed by atoms with E-state index in [0.717, 1.165) is 5.69 Å². The van der Waals surface area contributed by atoms with Crippen LogP contribution in [0.25, 0.3) is 17.0 Å². The average Bonchev–Trinajstić information content (AvgIpc) is 3.24. The van der Waals surface area contributed by atoms with Gasteiger partial charge in [-0.2, -0.15) is 5.10 Å². The maximum Gasteiger partial charge on any atom is 0.293 e. The molecular formula is C21H21FN6O2. The van der Waals surface area contributed by atoms with E-state index in [9.17, 15) is 9.18 Å². The van der Waals surface area contributed by atoms with Crippen LogP contribution < -0.4 is 5.32 Å². The van der Waals surface area contributed by atoms with Gasteiger partial charge in [0.1, 0.15) is 5.82 Å². The van der Waals surface area contributed by atoms with Gasteiger partial charge < -0.3 is 9.73 Å². The second-order valence-electron chi connectivity index (χ2n) is 8.06. The largest absolute Gasteiger partial charge is 0.436 e. The number of fused-ring (bicyclic) bond motifs is 1. The predicted octanol–water partition coefficient (Wildman–Crippen LogP) is 4.09. The Morgan fingerprint density at radius 1 is 1.20 bits per heavy atom. The summed E-state index contributed by atoms with van der Waals surface area (Å²) in [6.45, 7) is 9.44. The van der Waals surface area contributed by atoms with Gasteiger partial charge in [0.15, 0.2) is 5.89 Å². The summed E-state index contributed by atoms with van der Waals surface area (Å²) >= 11 is 0. The number of nitrogens with one attached hydrogen (secondary N) is 1. The molecule has 0 spiro atoms. The van der Waals surface area contributed by atoms with Gasteiger partial charge in [-0.25, -0.2) is 23.9 Å². The molecule has 0 radical (unpaired) electrons. The molecule has 0 aliphatic heterocycles. The number of aromatic nitrogens is 5. The number of halogens is 1. The van der Waals surface area contributed by atoms with Gasteiger partial charge in [0, 0.05) is 23.6 Å². The number of benzene rings is 1. The van der Waals surface area contributed by atoms with E-state index in [0.29, 0.717) is 28.7 Å². The first-order chi connectivity index (χ1) is 14.1. The number of oxazole rings is 1. The minimum atomic E-state index is -0.473. The molecule has 0 fully saturated rings. The van der Waals surface area contributed by atoms with Gasteiger partial charge in [0.05, 0.1) is 29.5 Å². The number of imidazole rings is 1. The van der Waals surface area contributed by atoms with Gasteiger partial charge in [-0.3, -0.25) is 4.79 Å². The first-order valence-corrected chi connectivity index (χ1v) is 9.40. The van der Waals surface area contributed by atoms with Crippen molar-refractivity contribution in [2.24, 2.45) is 0 Å². The Morgan fingerprint density at radius 2 is 1.97 bits per heavy atom. The Labute approximate surface area is 172 Å². The molecule has 0 saturated carbocycles. The number of carbonyl (C=O) groups excluding carboxylic acids is 1. The molecule has 9 heteroatoms. The Balaban J connectivity index is 1.68. The molecule has 1 aromatic carbocycles. The number of amides is 1. The van der Waals surface area contributed by atoms with E-state index in [4.69, 9.17) is 4.42 Å². The highest BCUT2D eigenvalue weighted by atomic mass is 19.1. The van der Waals surface area contributed by atoms with E-state index in [1.165, 1.54) is 22.7 Å². The zero-order chi connectivity index (χ0) is 21.6. The first kappa shape index (κ1) is 19.7. The number of rotatable bonds is 3. The molecule has 0 aliphatic rings. The Hall–Kier alpha value is -3.62. The van der Waals surface area contributed by atoms with Gasteiger partial charge in [0.2, 0.25) is 5.76 Å².